The lowest BCUT2D eigenvalue weighted by Gasteiger charge is -2.26. The second kappa shape index (κ2) is 9.53. The Labute approximate surface area is 192 Å². The van der Waals surface area contributed by atoms with E-state index in [1.54, 1.807) is 36.1 Å². The Balaban J connectivity index is 1.51. The van der Waals surface area contributed by atoms with Gasteiger partial charge in [-0.2, -0.15) is 0 Å². The van der Waals surface area contributed by atoms with Gasteiger partial charge in [-0.15, -0.1) is 0 Å². The number of ether oxygens (including phenoxy) is 1. The molecule has 4 aromatic rings. The summed E-state index contributed by atoms with van der Waals surface area (Å²) >= 11 is 0. The van der Waals surface area contributed by atoms with Gasteiger partial charge in [-0.05, 0) is 57.2 Å². The van der Waals surface area contributed by atoms with Gasteiger partial charge in [0.05, 0.1) is 11.3 Å². The Morgan fingerprint density at radius 1 is 0.848 bits per heavy atom. The van der Waals surface area contributed by atoms with Crippen molar-refractivity contribution in [3.05, 3.63) is 102 Å². The molecule has 1 amide bonds. The molecule has 0 bridgehead atoms. The minimum Gasteiger partial charge on any atom is -0.449 e. The first-order chi connectivity index (χ1) is 15.9. The van der Waals surface area contributed by atoms with E-state index in [0.29, 0.717) is 16.9 Å². The number of anilines is 2. The Bertz CT molecular complexity index is 1190. The zero-order chi connectivity index (χ0) is 23.4. The van der Waals surface area contributed by atoms with Gasteiger partial charge in [0.15, 0.2) is 6.10 Å². The van der Waals surface area contributed by atoms with E-state index in [4.69, 9.17) is 4.74 Å². The van der Waals surface area contributed by atoms with E-state index in [0.717, 1.165) is 22.8 Å². The van der Waals surface area contributed by atoms with Crippen LogP contribution in [0, 0.1) is 13.8 Å². The summed E-state index contributed by atoms with van der Waals surface area (Å²) in [6.07, 6.45) is -0.979. The van der Waals surface area contributed by atoms with E-state index < -0.39 is 12.1 Å². The number of hydrogen-bond donors (Lipinski definition) is 1. The maximum atomic E-state index is 13.3. The Hall–Kier alpha value is -4.19. The number of esters is 1. The highest BCUT2D eigenvalue weighted by molar-refractivity contribution is 6.04. The number of benzene rings is 3. The topological polar surface area (TPSA) is 75.3 Å². The first-order valence-electron chi connectivity index (χ1n) is 10.7. The summed E-state index contributed by atoms with van der Waals surface area (Å²) < 4.78 is 5.54. The standard InChI is InChI=1S/C27H25N3O3/c1-18-19(2)29-25(28-18)21-14-16-22(17-15-21)27(32)33-20(3)26(31)30(23-10-6-4-7-11-23)24-12-8-5-9-13-24/h4-17,20H,1-3H3,(H,28,29). The molecule has 0 fully saturated rings. The van der Waals surface area contributed by atoms with Crippen molar-refractivity contribution in [2.45, 2.75) is 26.9 Å². The number of imidazole rings is 1. The number of hydrogen-bond acceptors (Lipinski definition) is 4. The normalized spacial score (nSPS) is 11.6. The molecule has 4 rings (SSSR count). The third-order valence-electron chi connectivity index (χ3n) is 5.40. The first-order valence-corrected chi connectivity index (χ1v) is 10.7. The van der Waals surface area contributed by atoms with Crippen LogP contribution in [0.5, 0.6) is 0 Å². The zero-order valence-corrected chi connectivity index (χ0v) is 18.8. The van der Waals surface area contributed by atoms with Crippen molar-refractivity contribution in [1.29, 1.82) is 0 Å². The number of carbonyl (C=O) groups excluding carboxylic acids is 2. The fraction of sp³-hybridized carbons (Fsp3) is 0.148. The SMILES string of the molecule is Cc1nc(-c2ccc(C(=O)OC(C)C(=O)N(c3ccccc3)c3ccccc3)cc2)[nH]c1C. The zero-order valence-electron chi connectivity index (χ0n) is 18.8. The molecule has 166 valence electrons. The van der Waals surface area contributed by atoms with Gasteiger partial charge in [0.1, 0.15) is 5.82 Å². The van der Waals surface area contributed by atoms with Crippen molar-refractivity contribution < 1.29 is 14.3 Å². The summed E-state index contributed by atoms with van der Waals surface area (Å²) in [5.74, 6) is -0.149. The third-order valence-corrected chi connectivity index (χ3v) is 5.40. The molecule has 0 radical (unpaired) electrons. The number of nitrogens with zero attached hydrogens (tertiary/aromatic N) is 2. The molecule has 3 aromatic carbocycles. The summed E-state index contributed by atoms with van der Waals surface area (Å²) in [7, 11) is 0. The summed E-state index contributed by atoms with van der Waals surface area (Å²) in [4.78, 5) is 35.3. The van der Waals surface area contributed by atoms with Crippen molar-refractivity contribution in [3.63, 3.8) is 0 Å². The average Bonchev–Trinajstić information content (AvgIpc) is 3.18. The van der Waals surface area contributed by atoms with Crippen molar-refractivity contribution in [3.8, 4) is 11.4 Å². The van der Waals surface area contributed by atoms with Crippen molar-refractivity contribution in [2.24, 2.45) is 0 Å². The number of aromatic nitrogens is 2. The van der Waals surface area contributed by atoms with Crippen LogP contribution < -0.4 is 4.90 Å². The fourth-order valence-electron chi connectivity index (χ4n) is 3.47. The molecule has 0 saturated heterocycles. The summed E-state index contributed by atoms with van der Waals surface area (Å²) in [6.45, 7) is 5.49. The number of nitrogens with one attached hydrogen (secondary N) is 1. The predicted octanol–water partition coefficient (Wildman–Crippen LogP) is 5.60. The van der Waals surface area contributed by atoms with Gasteiger partial charge < -0.3 is 9.72 Å². The molecule has 6 nitrogen and oxygen atoms in total. The molecule has 0 aliphatic carbocycles. The van der Waals surface area contributed by atoms with Gasteiger partial charge in [-0.1, -0.05) is 48.5 Å². The van der Waals surface area contributed by atoms with Crippen LogP contribution in [0.1, 0.15) is 28.7 Å². The molecular weight excluding hydrogens is 414 g/mol. The highest BCUT2D eigenvalue weighted by atomic mass is 16.5. The lowest BCUT2D eigenvalue weighted by Crippen LogP contribution is -2.37. The van der Waals surface area contributed by atoms with Gasteiger partial charge in [0.25, 0.3) is 5.91 Å². The minimum absolute atomic E-state index is 0.334. The second-order valence-electron chi connectivity index (χ2n) is 7.77. The smallest absolute Gasteiger partial charge is 0.338 e. The number of H-pyrrole nitrogens is 1. The molecule has 33 heavy (non-hydrogen) atoms. The van der Waals surface area contributed by atoms with Crippen LogP contribution in [-0.2, 0) is 9.53 Å². The average molecular weight is 440 g/mol. The maximum Gasteiger partial charge on any atom is 0.338 e. The largest absolute Gasteiger partial charge is 0.449 e. The Morgan fingerprint density at radius 2 is 1.39 bits per heavy atom. The molecule has 6 heteroatoms. The second-order valence-corrected chi connectivity index (χ2v) is 7.77. The minimum atomic E-state index is -0.979. The number of aryl methyl sites for hydroxylation is 2. The molecule has 1 N–H and O–H groups in total. The van der Waals surface area contributed by atoms with Gasteiger partial charge in [-0.3, -0.25) is 9.69 Å². The lowest BCUT2D eigenvalue weighted by atomic mass is 10.1. The van der Waals surface area contributed by atoms with Crippen LogP contribution in [0.3, 0.4) is 0 Å². The van der Waals surface area contributed by atoms with Gasteiger partial charge in [-0.25, -0.2) is 9.78 Å². The molecule has 1 atom stereocenters. The Morgan fingerprint density at radius 3 is 1.88 bits per heavy atom. The predicted molar refractivity (Wildman–Crippen MR) is 128 cm³/mol. The number of aromatic amines is 1. The fourth-order valence-corrected chi connectivity index (χ4v) is 3.47. The number of para-hydroxylation sites is 2. The monoisotopic (exact) mass is 439 g/mol. The van der Waals surface area contributed by atoms with E-state index in [2.05, 4.69) is 9.97 Å². The van der Waals surface area contributed by atoms with E-state index in [1.807, 2.05) is 74.5 Å². The first kappa shape index (κ1) is 22.0. The van der Waals surface area contributed by atoms with Crippen LogP contribution in [0.25, 0.3) is 11.4 Å². The molecule has 0 spiro atoms. The summed E-state index contributed by atoms with van der Waals surface area (Å²) in [5, 5.41) is 0. The van der Waals surface area contributed by atoms with Crippen molar-refractivity contribution in [2.75, 3.05) is 4.90 Å². The van der Waals surface area contributed by atoms with Crippen molar-refractivity contribution >= 4 is 23.3 Å². The molecule has 1 heterocycles. The molecule has 0 saturated carbocycles. The van der Waals surface area contributed by atoms with Gasteiger partial charge in [0, 0.05) is 22.6 Å². The highest BCUT2D eigenvalue weighted by Gasteiger charge is 2.27. The quantitative estimate of drug-likeness (QED) is 0.397. The van der Waals surface area contributed by atoms with Crippen molar-refractivity contribution in [1.82, 2.24) is 9.97 Å². The third kappa shape index (κ3) is 4.85. The highest BCUT2D eigenvalue weighted by Crippen LogP contribution is 2.26. The molecule has 0 aliphatic rings. The Kier molecular flexibility index (Phi) is 6.36. The van der Waals surface area contributed by atoms with Crippen LogP contribution in [-0.4, -0.2) is 27.9 Å². The van der Waals surface area contributed by atoms with E-state index in [-0.39, 0.29) is 5.91 Å². The lowest BCUT2D eigenvalue weighted by molar-refractivity contribution is -0.125. The van der Waals surface area contributed by atoms with Gasteiger partial charge >= 0.3 is 5.97 Å². The number of amides is 1. The summed E-state index contributed by atoms with van der Waals surface area (Å²) in [5.41, 5.74) is 4.56. The summed E-state index contributed by atoms with van der Waals surface area (Å²) in [6, 6.07) is 25.5. The van der Waals surface area contributed by atoms with E-state index in [1.165, 1.54) is 0 Å². The van der Waals surface area contributed by atoms with Crippen LogP contribution >= 0.6 is 0 Å². The van der Waals surface area contributed by atoms with E-state index in [9.17, 15) is 9.59 Å². The van der Waals surface area contributed by atoms with E-state index >= 15 is 0 Å². The number of carbonyl (C=O) groups is 2. The molecule has 1 aromatic heterocycles. The molecular formula is C27H25N3O3. The van der Waals surface area contributed by atoms with Crippen LogP contribution in [0.4, 0.5) is 11.4 Å². The molecule has 1 unspecified atom stereocenters. The molecule has 0 aliphatic heterocycles. The van der Waals surface area contributed by atoms with Crippen LogP contribution in [0.15, 0.2) is 84.9 Å². The number of rotatable bonds is 6. The van der Waals surface area contributed by atoms with Crippen LogP contribution in [0.2, 0.25) is 0 Å². The maximum absolute atomic E-state index is 13.3. The van der Waals surface area contributed by atoms with Gasteiger partial charge in [0.2, 0.25) is 0 Å².